The summed E-state index contributed by atoms with van der Waals surface area (Å²) in [6.45, 7) is 0.696. The van der Waals surface area contributed by atoms with Gasteiger partial charge in [-0.3, -0.25) is 9.78 Å². The zero-order valence-electron chi connectivity index (χ0n) is 15.1. The fourth-order valence-electron chi connectivity index (χ4n) is 3.24. The molecule has 4 aromatic rings. The van der Waals surface area contributed by atoms with Gasteiger partial charge in [0.2, 0.25) is 0 Å². The van der Waals surface area contributed by atoms with Crippen molar-refractivity contribution >= 4 is 22.5 Å². The molecule has 0 saturated carbocycles. The summed E-state index contributed by atoms with van der Waals surface area (Å²) in [7, 11) is 0. The van der Waals surface area contributed by atoms with Crippen LogP contribution in [0.25, 0.3) is 27.7 Å². The number of hydrogen-bond acceptors (Lipinski definition) is 3. The summed E-state index contributed by atoms with van der Waals surface area (Å²) in [6.07, 6.45) is 2.26. The molecule has 0 aliphatic carbocycles. The maximum Gasteiger partial charge on any atom is 0.333 e. The van der Waals surface area contributed by atoms with E-state index in [1.165, 1.54) is 12.3 Å². The molecule has 4 rings (SSSR count). The van der Waals surface area contributed by atoms with Crippen LogP contribution in [-0.2, 0) is 5.92 Å². The van der Waals surface area contributed by atoms with Gasteiger partial charge in [-0.2, -0.15) is 0 Å². The zero-order valence-corrected chi connectivity index (χ0v) is 15.9. The summed E-state index contributed by atoms with van der Waals surface area (Å²) >= 11 is 6.22. The summed E-state index contributed by atoms with van der Waals surface area (Å²) < 4.78 is 28.7. The summed E-state index contributed by atoms with van der Waals surface area (Å²) in [5, 5.41) is 0.697. The number of hydrogen-bond donors (Lipinski definition) is 1. The van der Waals surface area contributed by atoms with Crippen LogP contribution in [-0.4, -0.2) is 14.5 Å². The molecule has 0 spiro atoms. The number of pyridine rings is 1. The number of benzene rings is 2. The van der Waals surface area contributed by atoms with Crippen LogP contribution in [0.3, 0.4) is 0 Å². The molecule has 2 aromatic carbocycles. The highest BCUT2D eigenvalue weighted by Crippen LogP contribution is 2.31. The summed E-state index contributed by atoms with van der Waals surface area (Å²) in [5.74, 6) is -3.26. The van der Waals surface area contributed by atoms with Crippen molar-refractivity contribution in [2.75, 3.05) is 0 Å². The Kier molecular flexibility index (Phi) is 4.55. The lowest BCUT2D eigenvalue weighted by molar-refractivity contribution is 0.0173. The van der Waals surface area contributed by atoms with Crippen LogP contribution >= 0.6 is 11.6 Å². The van der Waals surface area contributed by atoms with Crippen LogP contribution in [0.2, 0.25) is 5.02 Å². The maximum absolute atomic E-state index is 14.0. The highest BCUT2D eigenvalue weighted by Gasteiger charge is 2.29. The maximum atomic E-state index is 14.0. The first-order chi connectivity index (χ1) is 13.8. The van der Waals surface area contributed by atoms with E-state index in [1.54, 1.807) is 24.3 Å². The lowest BCUT2D eigenvalue weighted by Crippen LogP contribution is -2.35. The molecule has 0 radical (unpaired) electrons. The largest absolute Gasteiger partial charge is 0.333 e. The van der Waals surface area contributed by atoms with Gasteiger partial charge in [-0.05, 0) is 29.8 Å². The molecule has 0 amide bonds. The molecule has 29 heavy (non-hydrogen) atoms. The van der Waals surface area contributed by atoms with Gasteiger partial charge in [-0.1, -0.05) is 35.9 Å². The van der Waals surface area contributed by atoms with Crippen molar-refractivity contribution < 1.29 is 8.78 Å². The Morgan fingerprint density at radius 3 is 2.59 bits per heavy atom. The second-order valence-electron chi connectivity index (χ2n) is 6.59. The van der Waals surface area contributed by atoms with Crippen molar-refractivity contribution in [3.8, 4) is 16.8 Å². The predicted octanol–water partition coefficient (Wildman–Crippen LogP) is 4.51. The Morgan fingerprint density at radius 1 is 1.10 bits per heavy atom. The SMILES string of the molecule is CC(F)(F)c1ccncc1-n1c(=O)[nH]c2cc(-c3ccccc3Cl)ccc2c1=O. The fraction of sp³-hybridized carbons (Fsp3) is 0.0952. The molecule has 0 unspecified atom stereocenters. The van der Waals surface area contributed by atoms with Crippen LogP contribution in [0.5, 0.6) is 0 Å². The van der Waals surface area contributed by atoms with E-state index in [4.69, 9.17) is 11.6 Å². The molecule has 0 aliphatic heterocycles. The van der Waals surface area contributed by atoms with Crippen molar-refractivity contribution in [2.45, 2.75) is 12.8 Å². The Balaban J connectivity index is 1.97. The minimum Gasteiger partial charge on any atom is -0.306 e. The van der Waals surface area contributed by atoms with E-state index in [2.05, 4.69) is 9.97 Å². The topological polar surface area (TPSA) is 67.8 Å². The molecular formula is C21H14ClF2N3O2. The van der Waals surface area contributed by atoms with Gasteiger partial charge in [-0.25, -0.2) is 18.1 Å². The number of alkyl halides is 2. The number of fused-ring (bicyclic) bond motifs is 1. The van der Waals surface area contributed by atoms with Crippen LogP contribution in [0.4, 0.5) is 8.78 Å². The standard InChI is InChI=1S/C21H14ClF2N3O2/c1-21(23,24)15-8-9-25-11-18(15)27-19(28)14-7-6-12(10-17(14)26-20(27)29)13-4-2-3-5-16(13)22/h2-11H,1H3,(H,26,29). The lowest BCUT2D eigenvalue weighted by Gasteiger charge is -2.16. The number of halogens is 3. The average molecular weight is 414 g/mol. The minimum absolute atomic E-state index is 0.176. The summed E-state index contributed by atoms with van der Waals surface area (Å²) in [6, 6.07) is 13.1. The Labute approximate surface area is 168 Å². The fourth-order valence-corrected chi connectivity index (χ4v) is 3.48. The zero-order chi connectivity index (χ0) is 20.8. The number of nitrogens with one attached hydrogen (secondary N) is 1. The van der Waals surface area contributed by atoms with Gasteiger partial charge in [0.1, 0.15) is 0 Å². The number of aromatic amines is 1. The van der Waals surface area contributed by atoms with Gasteiger partial charge in [0.25, 0.3) is 11.5 Å². The molecule has 0 atom stereocenters. The third-order valence-corrected chi connectivity index (χ3v) is 4.93. The van der Waals surface area contributed by atoms with Crippen molar-refractivity contribution in [2.24, 2.45) is 0 Å². The third-order valence-electron chi connectivity index (χ3n) is 4.60. The molecule has 0 bridgehead atoms. The molecule has 2 aromatic heterocycles. The second-order valence-corrected chi connectivity index (χ2v) is 7.00. The molecule has 0 aliphatic rings. The van der Waals surface area contributed by atoms with Gasteiger partial charge < -0.3 is 4.98 Å². The van der Waals surface area contributed by atoms with Gasteiger partial charge in [-0.15, -0.1) is 0 Å². The van der Waals surface area contributed by atoms with Crippen LogP contribution in [0.1, 0.15) is 12.5 Å². The van der Waals surface area contributed by atoms with E-state index >= 15 is 0 Å². The van der Waals surface area contributed by atoms with Gasteiger partial charge >= 0.3 is 5.69 Å². The highest BCUT2D eigenvalue weighted by molar-refractivity contribution is 6.33. The number of aromatic nitrogens is 3. The van der Waals surface area contributed by atoms with Gasteiger partial charge in [0, 0.05) is 29.3 Å². The van der Waals surface area contributed by atoms with Crippen molar-refractivity contribution in [1.82, 2.24) is 14.5 Å². The average Bonchev–Trinajstić information content (AvgIpc) is 2.67. The van der Waals surface area contributed by atoms with Gasteiger partial charge in [0.15, 0.2) is 0 Å². The smallest absolute Gasteiger partial charge is 0.306 e. The predicted molar refractivity (Wildman–Crippen MR) is 108 cm³/mol. The molecule has 5 nitrogen and oxygen atoms in total. The van der Waals surface area contributed by atoms with E-state index in [1.807, 2.05) is 12.1 Å². The molecule has 146 valence electrons. The minimum atomic E-state index is -3.26. The van der Waals surface area contributed by atoms with E-state index in [-0.39, 0.29) is 16.6 Å². The normalized spacial score (nSPS) is 11.7. The second kappa shape index (κ2) is 6.93. The lowest BCUT2D eigenvalue weighted by atomic mass is 10.0. The molecular weight excluding hydrogens is 400 g/mol. The molecule has 0 fully saturated rings. The Hall–Kier alpha value is -3.32. The van der Waals surface area contributed by atoms with Crippen LogP contribution in [0.15, 0.2) is 70.5 Å². The van der Waals surface area contributed by atoms with E-state index in [0.717, 1.165) is 17.8 Å². The first-order valence-electron chi connectivity index (χ1n) is 8.64. The molecule has 0 saturated heterocycles. The summed E-state index contributed by atoms with van der Waals surface area (Å²) in [4.78, 5) is 32.0. The van der Waals surface area contributed by atoms with Crippen molar-refractivity contribution in [3.63, 3.8) is 0 Å². The monoisotopic (exact) mass is 413 g/mol. The Morgan fingerprint density at radius 2 is 1.86 bits per heavy atom. The summed E-state index contributed by atoms with van der Waals surface area (Å²) in [5.41, 5.74) is -0.553. The van der Waals surface area contributed by atoms with Gasteiger partial charge in [0.05, 0.1) is 22.8 Å². The van der Waals surface area contributed by atoms with E-state index in [0.29, 0.717) is 22.1 Å². The van der Waals surface area contributed by atoms with E-state index < -0.39 is 22.7 Å². The molecule has 8 heteroatoms. The number of rotatable bonds is 3. The third kappa shape index (κ3) is 3.34. The van der Waals surface area contributed by atoms with Crippen molar-refractivity contribution in [3.05, 3.63) is 92.3 Å². The van der Waals surface area contributed by atoms with Crippen LogP contribution in [0, 0.1) is 0 Å². The van der Waals surface area contributed by atoms with Crippen molar-refractivity contribution in [1.29, 1.82) is 0 Å². The first kappa shape index (κ1) is 19.0. The number of nitrogens with zero attached hydrogens (tertiary/aromatic N) is 2. The quantitative estimate of drug-likeness (QED) is 0.537. The highest BCUT2D eigenvalue weighted by atomic mass is 35.5. The molecule has 1 N–H and O–H groups in total. The number of H-pyrrole nitrogens is 1. The molecule has 2 heterocycles. The van der Waals surface area contributed by atoms with Crippen LogP contribution < -0.4 is 11.2 Å². The first-order valence-corrected chi connectivity index (χ1v) is 9.02. The Bertz CT molecular complexity index is 1360. The van der Waals surface area contributed by atoms with E-state index in [9.17, 15) is 18.4 Å².